The number of carbonyl (C=O) groups is 2. The van der Waals surface area contributed by atoms with E-state index in [0.717, 1.165) is 75.7 Å². The Labute approximate surface area is 171 Å². The van der Waals surface area contributed by atoms with Crippen LogP contribution in [-0.2, 0) is 4.79 Å². The predicted molar refractivity (Wildman–Crippen MR) is 111 cm³/mol. The van der Waals surface area contributed by atoms with Gasteiger partial charge in [0.05, 0.1) is 11.5 Å². The molecule has 1 aromatic heterocycles. The Morgan fingerprint density at radius 3 is 2.59 bits per heavy atom. The van der Waals surface area contributed by atoms with E-state index in [1.54, 1.807) is 6.26 Å². The molecule has 0 spiro atoms. The summed E-state index contributed by atoms with van der Waals surface area (Å²) in [6, 6.07) is 8.60. The number of nitrogens with one attached hydrogen (secondary N) is 1. The number of rotatable bonds is 4. The SMILES string of the molecule is O=C(NC1CC1)[C@H]1CCCN(C2CCN(C(=O)c3coc4ccccc34)CC2)C1. The van der Waals surface area contributed by atoms with Crippen LogP contribution in [0, 0.1) is 5.92 Å². The maximum absolute atomic E-state index is 13.0. The summed E-state index contributed by atoms with van der Waals surface area (Å²) in [7, 11) is 0. The average Bonchev–Trinajstić information content (AvgIpc) is 3.48. The van der Waals surface area contributed by atoms with E-state index in [9.17, 15) is 9.59 Å². The highest BCUT2D eigenvalue weighted by Crippen LogP contribution is 2.28. The Kier molecular flexibility index (Phi) is 5.04. The van der Waals surface area contributed by atoms with Gasteiger partial charge in [-0.2, -0.15) is 0 Å². The van der Waals surface area contributed by atoms with E-state index in [1.165, 1.54) is 0 Å². The third kappa shape index (κ3) is 3.90. The van der Waals surface area contributed by atoms with Crippen LogP contribution < -0.4 is 5.32 Å². The van der Waals surface area contributed by atoms with Crippen molar-refractivity contribution in [3.05, 3.63) is 36.1 Å². The number of hydrogen-bond acceptors (Lipinski definition) is 4. The topological polar surface area (TPSA) is 65.8 Å². The minimum atomic E-state index is 0.0636. The second-order valence-electron chi connectivity index (χ2n) is 8.79. The van der Waals surface area contributed by atoms with E-state index in [-0.39, 0.29) is 17.7 Å². The number of para-hydroxylation sites is 1. The molecular formula is C23H29N3O3. The van der Waals surface area contributed by atoms with Crippen molar-refractivity contribution in [1.82, 2.24) is 15.1 Å². The second kappa shape index (κ2) is 7.82. The number of likely N-dealkylation sites (tertiary alicyclic amines) is 2. The van der Waals surface area contributed by atoms with Crippen LogP contribution in [0.5, 0.6) is 0 Å². The van der Waals surface area contributed by atoms with Crippen LogP contribution in [0.2, 0.25) is 0 Å². The van der Waals surface area contributed by atoms with Crippen molar-refractivity contribution >= 4 is 22.8 Å². The molecule has 5 rings (SSSR count). The Bertz CT molecular complexity index is 896. The molecule has 1 aromatic carbocycles. The van der Waals surface area contributed by atoms with E-state index < -0.39 is 0 Å². The van der Waals surface area contributed by atoms with Gasteiger partial charge in [0.15, 0.2) is 0 Å². The van der Waals surface area contributed by atoms with Crippen LogP contribution in [0.15, 0.2) is 34.9 Å². The van der Waals surface area contributed by atoms with Crippen molar-refractivity contribution in [2.75, 3.05) is 26.2 Å². The lowest BCUT2D eigenvalue weighted by atomic mass is 9.93. The van der Waals surface area contributed by atoms with Gasteiger partial charge in [0.2, 0.25) is 5.91 Å². The molecule has 1 atom stereocenters. The number of benzene rings is 1. The first-order valence-electron chi connectivity index (χ1n) is 11.0. The molecule has 3 heterocycles. The first-order chi connectivity index (χ1) is 14.2. The van der Waals surface area contributed by atoms with Gasteiger partial charge in [0.25, 0.3) is 5.91 Å². The number of fused-ring (bicyclic) bond motifs is 1. The molecule has 1 aliphatic carbocycles. The third-order valence-electron chi connectivity index (χ3n) is 6.73. The zero-order valence-electron chi connectivity index (χ0n) is 16.8. The van der Waals surface area contributed by atoms with Gasteiger partial charge in [-0.15, -0.1) is 0 Å². The van der Waals surface area contributed by atoms with E-state index in [4.69, 9.17) is 4.42 Å². The fraction of sp³-hybridized carbons (Fsp3) is 0.565. The lowest BCUT2D eigenvalue weighted by Crippen LogP contribution is -2.51. The fourth-order valence-corrected chi connectivity index (χ4v) is 4.85. The van der Waals surface area contributed by atoms with E-state index in [2.05, 4.69) is 10.2 Å². The number of hydrogen-bond donors (Lipinski definition) is 1. The summed E-state index contributed by atoms with van der Waals surface area (Å²) in [4.78, 5) is 29.9. The molecule has 6 nitrogen and oxygen atoms in total. The van der Waals surface area contributed by atoms with Gasteiger partial charge in [-0.1, -0.05) is 18.2 Å². The zero-order valence-corrected chi connectivity index (χ0v) is 16.8. The van der Waals surface area contributed by atoms with Crippen molar-refractivity contribution in [2.45, 2.75) is 50.6 Å². The van der Waals surface area contributed by atoms with Gasteiger partial charge in [0.1, 0.15) is 11.8 Å². The van der Waals surface area contributed by atoms with Crippen molar-refractivity contribution in [1.29, 1.82) is 0 Å². The largest absolute Gasteiger partial charge is 0.463 e. The molecule has 154 valence electrons. The molecule has 6 heteroatoms. The lowest BCUT2D eigenvalue weighted by Gasteiger charge is -2.42. The van der Waals surface area contributed by atoms with Crippen molar-refractivity contribution in [3.63, 3.8) is 0 Å². The Morgan fingerprint density at radius 2 is 1.79 bits per heavy atom. The maximum atomic E-state index is 13.0. The molecule has 2 amide bonds. The Morgan fingerprint density at radius 1 is 1.00 bits per heavy atom. The van der Waals surface area contributed by atoms with Crippen LogP contribution in [-0.4, -0.2) is 59.9 Å². The molecule has 1 saturated carbocycles. The Hall–Kier alpha value is -2.34. The summed E-state index contributed by atoms with van der Waals surface area (Å²) in [5, 5.41) is 4.06. The molecule has 3 fully saturated rings. The van der Waals surface area contributed by atoms with E-state index >= 15 is 0 Å². The molecule has 0 radical (unpaired) electrons. The summed E-state index contributed by atoms with van der Waals surface area (Å²) < 4.78 is 5.55. The summed E-state index contributed by atoms with van der Waals surface area (Å²) >= 11 is 0. The minimum absolute atomic E-state index is 0.0636. The molecule has 1 N–H and O–H groups in total. The van der Waals surface area contributed by atoms with Crippen LogP contribution in [0.25, 0.3) is 11.0 Å². The molecule has 3 aliphatic rings. The van der Waals surface area contributed by atoms with Gasteiger partial charge >= 0.3 is 0 Å². The van der Waals surface area contributed by atoms with Crippen molar-refractivity contribution < 1.29 is 14.0 Å². The first-order valence-corrected chi connectivity index (χ1v) is 11.0. The molecule has 29 heavy (non-hydrogen) atoms. The number of piperidine rings is 2. The van der Waals surface area contributed by atoms with Gasteiger partial charge in [-0.3, -0.25) is 14.5 Å². The maximum Gasteiger partial charge on any atom is 0.257 e. The van der Waals surface area contributed by atoms with Crippen LogP contribution in [0.3, 0.4) is 0 Å². The summed E-state index contributed by atoms with van der Waals surface area (Å²) in [5.74, 6) is 0.437. The molecule has 2 saturated heterocycles. The highest BCUT2D eigenvalue weighted by atomic mass is 16.3. The molecule has 2 aliphatic heterocycles. The summed E-state index contributed by atoms with van der Waals surface area (Å²) in [5.41, 5.74) is 1.42. The van der Waals surface area contributed by atoms with Crippen LogP contribution in [0.4, 0.5) is 0 Å². The number of furan rings is 1. The van der Waals surface area contributed by atoms with Gasteiger partial charge < -0.3 is 14.6 Å². The smallest absolute Gasteiger partial charge is 0.257 e. The van der Waals surface area contributed by atoms with Crippen molar-refractivity contribution in [3.8, 4) is 0 Å². The minimum Gasteiger partial charge on any atom is -0.463 e. The zero-order chi connectivity index (χ0) is 19.8. The highest BCUT2D eigenvalue weighted by Gasteiger charge is 2.34. The molecule has 0 unspecified atom stereocenters. The Balaban J connectivity index is 1.18. The van der Waals surface area contributed by atoms with Crippen LogP contribution >= 0.6 is 0 Å². The van der Waals surface area contributed by atoms with Crippen molar-refractivity contribution in [2.24, 2.45) is 5.92 Å². The number of amides is 2. The quantitative estimate of drug-likeness (QED) is 0.864. The summed E-state index contributed by atoms with van der Waals surface area (Å²) in [6.45, 7) is 3.46. The van der Waals surface area contributed by atoms with E-state index in [0.29, 0.717) is 17.6 Å². The summed E-state index contributed by atoms with van der Waals surface area (Å²) in [6.07, 6.45) is 7.90. The third-order valence-corrected chi connectivity index (χ3v) is 6.73. The normalized spacial score (nSPS) is 24.0. The highest BCUT2D eigenvalue weighted by molar-refractivity contribution is 6.05. The van der Waals surface area contributed by atoms with E-state index in [1.807, 2.05) is 29.2 Å². The number of carbonyl (C=O) groups excluding carboxylic acids is 2. The molecular weight excluding hydrogens is 366 g/mol. The monoisotopic (exact) mass is 395 g/mol. The molecule has 0 bridgehead atoms. The number of nitrogens with zero attached hydrogens (tertiary/aromatic N) is 2. The first kappa shape index (κ1) is 18.7. The molecule has 2 aromatic rings. The fourth-order valence-electron chi connectivity index (χ4n) is 4.85. The van der Waals surface area contributed by atoms with Gasteiger partial charge in [-0.05, 0) is 51.1 Å². The average molecular weight is 396 g/mol. The van der Waals surface area contributed by atoms with Gasteiger partial charge in [0, 0.05) is 37.1 Å². The van der Waals surface area contributed by atoms with Crippen LogP contribution in [0.1, 0.15) is 48.9 Å². The second-order valence-corrected chi connectivity index (χ2v) is 8.79. The predicted octanol–water partition coefficient (Wildman–Crippen LogP) is 3.03. The lowest BCUT2D eigenvalue weighted by molar-refractivity contribution is -0.127. The van der Waals surface area contributed by atoms with Gasteiger partial charge in [-0.25, -0.2) is 0 Å². The standard InChI is InChI=1S/C23H29N3O3/c27-22(24-17-7-8-17)16-4-3-11-26(14-16)18-9-12-25(13-10-18)23(28)20-15-29-21-6-2-1-5-19(20)21/h1-2,5-6,15-18H,3-4,7-14H2,(H,24,27)/t16-/m0/s1.